The Bertz CT molecular complexity index is 692. The first-order chi connectivity index (χ1) is 12.6. The van der Waals surface area contributed by atoms with Crippen LogP contribution in [0.2, 0.25) is 0 Å². The zero-order valence-electron chi connectivity index (χ0n) is 15.3. The topological polar surface area (TPSA) is 56.7 Å². The van der Waals surface area contributed by atoms with Crippen molar-refractivity contribution in [1.82, 2.24) is 14.8 Å². The predicted octanol–water partition coefficient (Wildman–Crippen LogP) is 2.56. The van der Waals surface area contributed by atoms with Gasteiger partial charge in [0.1, 0.15) is 5.01 Å². The molecule has 26 heavy (non-hydrogen) atoms. The van der Waals surface area contributed by atoms with E-state index in [4.69, 9.17) is 0 Å². The van der Waals surface area contributed by atoms with Gasteiger partial charge in [-0.1, -0.05) is 30.3 Å². The van der Waals surface area contributed by atoms with E-state index in [1.165, 1.54) is 5.56 Å². The molecule has 2 aromatic rings. The summed E-state index contributed by atoms with van der Waals surface area (Å²) >= 11 is 1.59. The minimum atomic E-state index is -1.28. The van der Waals surface area contributed by atoms with Crippen molar-refractivity contribution >= 4 is 17.2 Å². The van der Waals surface area contributed by atoms with Crippen molar-refractivity contribution in [1.29, 1.82) is 0 Å². The Morgan fingerprint density at radius 2 is 2.15 bits per heavy atom. The van der Waals surface area contributed by atoms with Crippen molar-refractivity contribution < 1.29 is 9.90 Å². The third kappa shape index (κ3) is 4.90. The first-order valence-electron chi connectivity index (χ1n) is 9.19. The van der Waals surface area contributed by atoms with Crippen molar-refractivity contribution in [2.24, 2.45) is 0 Å². The van der Waals surface area contributed by atoms with Crippen molar-refractivity contribution in [3.8, 4) is 0 Å². The Labute approximate surface area is 159 Å². The monoisotopic (exact) mass is 373 g/mol. The van der Waals surface area contributed by atoms with E-state index in [-0.39, 0.29) is 5.91 Å². The van der Waals surface area contributed by atoms with E-state index in [0.717, 1.165) is 30.8 Å². The highest BCUT2D eigenvalue weighted by Crippen LogP contribution is 2.25. The number of carbonyl (C=O) groups is 1. The van der Waals surface area contributed by atoms with Crippen molar-refractivity contribution in [3.63, 3.8) is 0 Å². The highest BCUT2D eigenvalue weighted by molar-refractivity contribution is 7.09. The summed E-state index contributed by atoms with van der Waals surface area (Å²) in [5, 5.41) is 13.9. The van der Waals surface area contributed by atoms with Crippen LogP contribution in [0.1, 0.15) is 29.8 Å². The van der Waals surface area contributed by atoms with Gasteiger partial charge < -0.3 is 10.0 Å². The number of nitrogens with zero attached hydrogens (tertiary/aromatic N) is 3. The molecule has 1 aliphatic rings. The van der Waals surface area contributed by atoms with E-state index in [9.17, 15) is 9.90 Å². The fourth-order valence-electron chi connectivity index (χ4n) is 3.61. The van der Waals surface area contributed by atoms with Gasteiger partial charge in [0.05, 0.1) is 6.54 Å². The molecular formula is C20H27N3O2S. The van der Waals surface area contributed by atoms with Crippen LogP contribution in [0.4, 0.5) is 0 Å². The highest BCUT2D eigenvalue weighted by Gasteiger charge is 2.42. The molecule has 0 spiro atoms. The molecule has 2 heterocycles. The number of carbonyl (C=O) groups excluding carboxylic acids is 1. The summed E-state index contributed by atoms with van der Waals surface area (Å²) < 4.78 is 0. The van der Waals surface area contributed by atoms with Gasteiger partial charge >= 0.3 is 0 Å². The van der Waals surface area contributed by atoms with Crippen LogP contribution in [0, 0.1) is 0 Å². The lowest BCUT2D eigenvalue weighted by Gasteiger charge is -2.40. The Morgan fingerprint density at radius 1 is 1.35 bits per heavy atom. The molecule has 1 N–H and O–H groups in total. The summed E-state index contributed by atoms with van der Waals surface area (Å²) in [5.74, 6) is -0.122. The maximum absolute atomic E-state index is 12.9. The van der Waals surface area contributed by atoms with Crippen molar-refractivity contribution in [2.45, 2.75) is 37.8 Å². The molecule has 1 atom stereocenters. The fourth-order valence-corrected chi connectivity index (χ4v) is 4.30. The predicted molar refractivity (Wildman–Crippen MR) is 104 cm³/mol. The number of aryl methyl sites for hydroxylation is 1. The largest absolute Gasteiger partial charge is 0.379 e. The number of aromatic nitrogens is 1. The number of piperidine rings is 1. The number of aliphatic hydroxyl groups is 1. The molecule has 0 aliphatic carbocycles. The number of rotatable bonds is 8. The molecule has 1 fully saturated rings. The van der Waals surface area contributed by atoms with Crippen LogP contribution in [0.25, 0.3) is 0 Å². The molecule has 0 radical (unpaired) electrons. The van der Waals surface area contributed by atoms with Crippen LogP contribution in [-0.4, -0.2) is 58.1 Å². The third-order valence-corrected chi connectivity index (χ3v) is 5.62. The van der Waals surface area contributed by atoms with Crippen LogP contribution in [-0.2, 0) is 17.8 Å². The molecule has 5 nitrogen and oxygen atoms in total. The number of likely N-dealkylation sites (N-methyl/N-ethyl adjacent to an activating group) is 1. The summed E-state index contributed by atoms with van der Waals surface area (Å²) in [7, 11) is 1.93. The van der Waals surface area contributed by atoms with Crippen molar-refractivity contribution in [3.05, 3.63) is 52.5 Å². The average Bonchev–Trinajstić information content (AvgIpc) is 3.12. The smallest absolute Gasteiger partial charge is 0.255 e. The Hall–Kier alpha value is -1.76. The standard InChI is InChI=1S/C20H27N3O2S/c1-22(15-18-21-11-14-26-18)16-20(25)10-6-13-23(19(20)24)12-5-9-17-7-3-2-4-8-17/h2-4,7-8,11,14,25H,5-6,9-10,12-13,15-16H2,1H3/t20-/m1/s1. The second-order valence-electron chi connectivity index (χ2n) is 7.11. The summed E-state index contributed by atoms with van der Waals surface area (Å²) in [4.78, 5) is 21.0. The molecule has 1 amide bonds. The number of benzene rings is 1. The van der Waals surface area contributed by atoms with Gasteiger partial charge in [-0.2, -0.15) is 0 Å². The van der Waals surface area contributed by atoms with E-state index >= 15 is 0 Å². The normalized spacial score (nSPS) is 20.7. The molecule has 1 aliphatic heterocycles. The molecule has 140 valence electrons. The average molecular weight is 374 g/mol. The van der Waals surface area contributed by atoms with E-state index in [2.05, 4.69) is 17.1 Å². The van der Waals surface area contributed by atoms with Gasteiger partial charge in [0.15, 0.2) is 5.60 Å². The minimum absolute atomic E-state index is 0.122. The maximum atomic E-state index is 12.9. The number of likely N-dealkylation sites (tertiary alicyclic amines) is 1. The van der Waals surface area contributed by atoms with Gasteiger partial charge in [-0.25, -0.2) is 4.98 Å². The minimum Gasteiger partial charge on any atom is -0.379 e. The van der Waals surface area contributed by atoms with Gasteiger partial charge in [-0.3, -0.25) is 9.69 Å². The summed E-state index contributed by atoms with van der Waals surface area (Å²) in [6.07, 6.45) is 5.03. The Kier molecular flexibility index (Phi) is 6.40. The number of thiazole rings is 1. The lowest BCUT2D eigenvalue weighted by Crippen LogP contribution is -2.58. The van der Waals surface area contributed by atoms with Crippen LogP contribution in [0.5, 0.6) is 0 Å². The molecule has 3 rings (SSSR count). The first-order valence-corrected chi connectivity index (χ1v) is 10.1. The Morgan fingerprint density at radius 3 is 2.88 bits per heavy atom. The van der Waals surface area contributed by atoms with Gasteiger partial charge in [0.2, 0.25) is 0 Å². The maximum Gasteiger partial charge on any atom is 0.255 e. The summed E-state index contributed by atoms with van der Waals surface area (Å²) in [6.45, 7) is 2.44. The summed E-state index contributed by atoms with van der Waals surface area (Å²) in [6, 6.07) is 10.3. The van der Waals surface area contributed by atoms with Crippen LogP contribution in [0.15, 0.2) is 41.9 Å². The molecule has 1 saturated heterocycles. The van der Waals surface area contributed by atoms with Crippen LogP contribution in [0.3, 0.4) is 0 Å². The molecule has 0 bridgehead atoms. The second kappa shape index (κ2) is 8.75. The number of hydrogen-bond donors (Lipinski definition) is 1. The molecule has 1 aromatic carbocycles. The third-order valence-electron chi connectivity index (χ3n) is 4.86. The van der Waals surface area contributed by atoms with Gasteiger partial charge in [-0.05, 0) is 38.3 Å². The van der Waals surface area contributed by atoms with Gasteiger partial charge in [-0.15, -0.1) is 11.3 Å². The van der Waals surface area contributed by atoms with Crippen molar-refractivity contribution in [2.75, 3.05) is 26.7 Å². The lowest BCUT2D eigenvalue weighted by atomic mass is 9.91. The lowest BCUT2D eigenvalue weighted by molar-refractivity contribution is -0.159. The van der Waals surface area contributed by atoms with Crippen LogP contribution < -0.4 is 0 Å². The first kappa shape index (κ1) is 19.0. The molecule has 0 saturated carbocycles. The SMILES string of the molecule is CN(Cc1nccs1)C[C@]1(O)CCCN(CCCc2ccccc2)C1=O. The van der Waals surface area contributed by atoms with E-state index < -0.39 is 5.60 Å². The zero-order chi connectivity index (χ0) is 18.4. The van der Waals surface area contributed by atoms with Gasteiger partial charge in [0.25, 0.3) is 5.91 Å². The fraction of sp³-hybridized carbons (Fsp3) is 0.500. The Balaban J connectivity index is 1.52. The quantitative estimate of drug-likeness (QED) is 0.773. The molecular weight excluding hydrogens is 346 g/mol. The molecule has 6 heteroatoms. The summed E-state index contributed by atoms with van der Waals surface area (Å²) in [5.41, 5.74) is 0.00666. The van der Waals surface area contributed by atoms with E-state index in [1.54, 1.807) is 17.5 Å². The number of amides is 1. The van der Waals surface area contributed by atoms with E-state index in [1.807, 2.05) is 40.4 Å². The van der Waals surface area contributed by atoms with Gasteiger partial charge in [0, 0.05) is 31.2 Å². The zero-order valence-corrected chi connectivity index (χ0v) is 16.1. The van der Waals surface area contributed by atoms with Crippen LogP contribution >= 0.6 is 11.3 Å². The molecule has 0 unspecified atom stereocenters. The molecule has 1 aromatic heterocycles. The second-order valence-corrected chi connectivity index (χ2v) is 8.09. The van der Waals surface area contributed by atoms with E-state index in [0.29, 0.717) is 26.1 Å². The number of hydrogen-bond acceptors (Lipinski definition) is 5. The highest BCUT2D eigenvalue weighted by atomic mass is 32.1.